The van der Waals surface area contributed by atoms with Crippen LogP contribution in [0.15, 0.2) is 23.1 Å². The van der Waals surface area contributed by atoms with Gasteiger partial charge in [-0.15, -0.1) is 11.8 Å². The van der Waals surface area contributed by atoms with Gasteiger partial charge in [0.15, 0.2) is 0 Å². The van der Waals surface area contributed by atoms with Gasteiger partial charge in [0, 0.05) is 16.5 Å². The van der Waals surface area contributed by atoms with E-state index in [0.717, 1.165) is 41.4 Å². The number of benzene rings is 1. The van der Waals surface area contributed by atoms with E-state index in [9.17, 15) is 5.11 Å². The Labute approximate surface area is 128 Å². The Kier molecular flexibility index (Phi) is 5.44. The van der Waals surface area contributed by atoms with E-state index in [2.05, 4.69) is 0 Å². The minimum absolute atomic E-state index is 0.308. The number of hydrogen-bond acceptors (Lipinski definition) is 3. The van der Waals surface area contributed by atoms with Crippen molar-refractivity contribution in [1.82, 2.24) is 0 Å². The lowest BCUT2D eigenvalue weighted by Crippen LogP contribution is -2.41. The number of aliphatic hydroxyl groups is 1. The van der Waals surface area contributed by atoms with Gasteiger partial charge in [-0.1, -0.05) is 29.6 Å². The van der Waals surface area contributed by atoms with Crippen molar-refractivity contribution in [2.24, 2.45) is 11.7 Å². The molecule has 2 unspecified atom stereocenters. The van der Waals surface area contributed by atoms with Crippen LogP contribution in [0.25, 0.3) is 0 Å². The van der Waals surface area contributed by atoms with Crippen LogP contribution in [0.3, 0.4) is 0 Å². The molecule has 1 aliphatic carbocycles. The summed E-state index contributed by atoms with van der Waals surface area (Å²) in [5.41, 5.74) is 5.04. The SMILES string of the molecule is NCC1(O)CCCC1CCSc1cc(Cl)ccc1Cl. The molecule has 0 bridgehead atoms. The molecule has 3 N–H and O–H groups in total. The predicted molar refractivity (Wildman–Crippen MR) is 83.1 cm³/mol. The molecule has 1 aromatic rings. The van der Waals surface area contributed by atoms with Crippen molar-refractivity contribution >= 4 is 35.0 Å². The Morgan fingerprint density at radius 2 is 2.21 bits per heavy atom. The van der Waals surface area contributed by atoms with Gasteiger partial charge in [-0.05, 0) is 49.1 Å². The van der Waals surface area contributed by atoms with Gasteiger partial charge < -0.3 is 10.8 Å². The maximum absolute atomic E-state index is 10.4. The van der Waals surface area contributed by atoms with Gasteiger partial charge in [0.25, 0.3) is 0 Å². The molecule has 106 valence electrons. The first-order chi connectivity index (χ1) is 9.05. The second-order valence-corrected chi connectivity index (χ2v) is 7.09. The highest BCUT2D eigenvalue weighted by Gasteiger charge is 2.39. The molecule has 0 aromatic heterocycles. The van der Waals surface area contributed by atoms with Gasteiger partial charge in [0.2, 0.25) is 0 Å². The number of hydrogen-bond donors (Lipinski definition) is 2. The van der Waals surface area contributed by atoms with Crippen LogP contribution in [0.1, 0.15) is 25.7 Å². The average molecular weight is 320 g/mol. The lowest BCUT2D eigenvalue weighted by atomic mass is 9.89. The van der Waals surface area contributed by atoms with Crippen molar-refractivity contribution in [3.05, 3.63) is 28.2 Å². The number of rotatable bonds is 5. The molecule has 0 saturated heterocycles. The topological polar surface area (TPSA) is 46.2 Å². The lowest BCUT2D eigenvalue weighted by Gasteiger charge is -2.28. The largest absolute Gasteiger partial charge is 0.388 e. The Balaban J connectivity index is 1.88. The molecule has 5 heteroatoms. The summed E-state index contributed by atoms with van der Waals surface area (Å²) in [6, 6.07) is 5.49. The third kappa shape index (κ3) is 3.79. The second-order valence-electron chi connectivity index (χ2n) is 5.11. The second kappa shape index (κ2) is 6.68. The van der Waals surface area contributed by atoms with E-state index < -0.39 is 5.60 Å². The van der Waals surface area contributed by atoms with E-state index in [-0.39, 0.29) is 0 Å². The van der Waals surface area contributed by atoms with Gasteiger partial charge in [0.05, 0.1) is 10.6 Å². The quantitative estimate of drug-likeness (QED) is 0.807. The summed E-state index contributed by atoms with van der Waals surface area (Å²) in [5.74, 6) is 1.23. The summed E-state index contributed by atoms with van der Waals surface area (Å²) >= 11 is 13.8. The molecule has 0 aliphatic heterocycles. The smallest absolute Gasteiger partial charge is 0.0797 e. The first kappa shape index (κ1) is 15.5. The summed E-state index contributed by atoms with van der Waals surface area (Å²) in [5, 5.41) is 11.8. The number of halogens is 2. The standard InChI is InChI=1S/C14H19Cl2NOS/c15-11-3-4-12(16)13(8-11)19-7-5-10-2-1-6-14(10,18)9-17/h3-4,8,10,18H,1-2,5-7,9,17H2. The molecule has 0 radical (unpaired) electrons. The van der Waals surface area contributed by atoms with E-state index in [1.807, 2.05) is 12.1 Å². The van der Waals surface area contributed by atoms with Crippen molar-refractivity contribution in [1.29, 1.82) is 0 Å². The van der Waals surface area contributed by atoms with E-state index in [1.165, 1.54) is 0 Å². The molecule has 1 saturated carbocycles. The summed E-state index contributed by atoms with van der Waals surface area (Å²) in [6.45, 7) is 0.361. The summed E-state index contributed by atoms with van der Waals surface area (Å²) in [4.78, 5) is 1.00. The van der Waals surface area contributed by atoms with Gasteiger partial charge >= 0.3 is 0 Å². The first-order valence-corrected chi connectivity index (χ1v) is 8.29. The van der Waals surface area contributed by atoms with Gasteiger partial charge in [0.1, 0.15) is 0 Å². The van der Waals surface area contributed by atoms with Gasteiger partial charge in [-0.3, -0.25) is 0 Å². The minimum atomic E-state index is -0.654. The third-order valence-corrected chi connectivity index (χ3v) is 5.66. The zero-order chi connectivity index (χ0) is 13.9. The predicted octanol–water partition coefficient (Wildman–Crippen LogP) is 3.97. The van der Waals surface area contributed by atoms with Crippen molar-refractivity contribution in [2.45, 2.75) is 36.2 Å². The molecule has 2 rings (SSSR count). The van der Waals surface area contributed by atoms with E-state index in [1.54, 1.807) is 17.8 Å². The first-order valence-electron chi connectivity index (χ1n) is 6.55. The fourth-order valence-electron chi connectivity index (χ4n) is 2.71. The Morgan fingerprint density at radius 1 is 1.42 bits per heavy atom. The van der Waals surface area contributed by atoms with Gasteiger partial charge in [-0.2, -0.15) is 0 Å². The van der Waals surface area contributed by atoms with Crippen molar-refractivity contribution in [3.8, 4) is 0 Å². The van der Waals surface area contributed by atoms with E-state index >= 15 is 0 Å². The normalized spacial score (nSPS) is 26.8. The molecular weight excluding hydrogens is 301 g/mol. The van der Waals surface area contributed by atoms with Crippen molar-refractivity contribution in [3.63, 3.8) is 0 Å². The number of thioether (sulfide) groups is 1. The van der Waals surface area contributed by atoms with Crippen LogP contribution in [-0.4, -0.2) is 23.0 Å². The van der Waals surface area contributed by atoms with Crippen LogP contribution < -0.4 is 5.73 Å². The van der Waals surface area contributed by atoms with Crippen LogP contribution in [0, 0.1) is 5.92 Å². The summed E-state index contributed by atoms with van der Waals surface area (Å²) in [6.07, 6.45) is 3.93. The highest BCUT2D eigenvalue weighted by atomic mass is 35.5. The molecule has 1 aromatic carbocycles. The fraction of sp³-hybridized carbons (Fsp3) is 0.571. The summed E-state index contributed by atoms with van der Waals surface area (Å²) in [7, 11) is 0. The van der Waals surface area contributed by atoms with E-state index in [4.69, 9.17) is 28.9 Å². The maximum Gasteiger partial charge on any atom is 0.0797 e. The van der Waals surface area contributed by atoms with Crippen LogP contribution in [0.2, 0.25) is 10.0 Å². The van der Waals surface area contributed by atoms with Crippen LogP contribution in [0.5, 0.6) is 0 Å². The lowest BCUT2D eigenvalue weighted by molar-refractivity contribution is 0.0104. The maximum atomic E-state index is 10.4. The third-order valence-electron chi connectivity index (χ3n) is 3.89. The van der Waals surface area contributed by atoms with E-state index in [0.29, 0.717) is 17.5 Å². The molecule has 19 heavy (non-hydrogen) atoms. The molecule has 2 nitrogen and oxygen atoms in total. The molecular formula is C14H19Cl2NOS. The average Bonchev–Trinajstić information content (AvgIpc) is 2.76. The van der Waals surface area contributed by atoms with Crippen LogP contribution in [0.4, 0.5) is 0 Å². The summed E-state index contributed by atoms with van der Waals surface area (Å²) < 4.78 is 0. The van der Waals surface area contributed by atoms with Crippen LogP contribution in [-0.2, 0) is 0 Å². The zero-order valence-electron chi connectivity index (χ0n) is 10.7. The Bertz CT molecular complexity index is 443. The molecule has 0 spiro atoms. The minimum Gasteiger partial charge on any atom is -0.388 e. The number of nitrogens with two attached hydrogens (primary N) is 1. The Morgan fingerprint density at radius 3 is 2.95 bits per heavy atom. The Hall–Kier alpha value is 0.0700. The monoisotopic (exact) mass is 319 g/mol. The molecule has 1 aliphatic rings. The highest BCUT2D eigenvalue weighted by molar-refractivity contribution is 7.99. The van der Waals surface area contributed by atoms with Crippen molar-refractivity contribution < 1.29 is 5.11 Å². The molecule has 0 amide bonds. The molecule has 0 heterocycles. The van der Waals surface area contributed by atoms with Gasteiger partial charge in [-0.25, -0.2) is 0 Å². The fourth-order valence-corrected chi connectivity index (χ4v) is 4.26. The van der Waals surface area contributed by atoms with Crippen LogP contribution >= 0.6 is 35.0 Å². The van der Waals surface area contributed by atoms with Crippen molar-refractivity contribution in [2.75, 3.05) is 12.3 Å². The molecule has 1 fully saturated rings. The highest BCUT2D eigenvalue weighted by Crippen LogP contribution is 2.39. The zero-order valence-corrected chi connectivity index (χ0v) is 13.1. The molecule has 2 atom stereocenters.